The Hall–Kier alpha value is -1.68. The largest absolute Gasteiger partial charge is 0.293 e. The molecule has 1 nitrogen and oxygen atoms in total. The van der Waals surface area contributed by atoms with Gasteiger partial charge >= 0.3 is 0 Å². The van der Waals surface area contributed by atoms with Gasteiger partial charge in [-0.3, -0.25) is 4.79 Å². The van der Waals surface area contributed by atoms with Gasteiger partial charge in [-0.25, -0.2) is 8.78 Å². The van der Waals surface area contributed by atoms with Crippen molar-refractivity contribution in [2.75, 3.05) is 5.75 Å². The zero-order chi connectivity index (χ0) is 13.8. The SMILES string of the molecule is Cc1ccc(SCC(=O)c2cc(F)ccc2F)cc1. The van der Waals surface area contributed by atoms with Crippen molar-refractivity contribution in [1.82, 2.24) is 0 Å². The van der Waals surface area contributed by atoms with Gasteiger partial charge < -0.3 is 0 Å². The van der Waals surface area contributed by atoms with E-state index < -0.39 is 17.4 Å². The van der Waals surface area contributed by atoms with Crippen molar-refractivity contribution in [3.05, 3.63) is 65.2 Å². The Labute approximate surface area is 114 Å². The minimum atomic E-state index is -0.684. The molecule has 0 fully saturated rings. The molecule has 0 aliphatic heterocycles. The van der Waals surface area contributed by atoms with E-state index in [9.17, 15) is 13.6 Å². The van der Waals surface area contributed by atoms with Crippen LogP contribution in [0, 0.1) is 18.6 Å². The Morgan fingerprint density at radius 3 is 2.47 bits per heavy atom. The van der Waals surface area contributed by atoms with E-state index in [4.69, 9.17) is 0 Å². The molecule has 19 heavy (non-hydrogen) atoms. The van der Waals surface area contributed by atoms with Crippen LogP contribution in [0.5, 0.6) is 0 Å². The van der Waals surface area contributed by atoms with E-state index in [1.54, 1.807) is 0 Å². The maximum absolute atomic E-state index is 13.4. The average molecular weight is 278 g/mol. The predicted molar refractivity (Wildman–Crippen MR) is 72.6 cm³/mol. The van der Waals surface area contributed by atoms with Gasteiger partial charge in [-0.1, -0.05) is 17.7 Å². The molecule has 0 bridgehead atoms. The lowest BCUT2D eigenvalue weighted by Crippen LogP contribution is -2.05. The van der Waals surface area contributed by atoms with E-state index in [2.05, 4.69) is 0 Å². The number of ketones is 1. The van der Waals surface area contributed by atoms with Crippen LogP contribution in [-0.4, -0.2) is 11.5 Å². The molecule has 0 aliphatic carbocycles. The monoisotopic (exact) mass is 278 g/mol. The topological polar surface area (TPSA) is 17.1 Å². The second kappa shape index (κ2) is 5.97. The maximum Gasteiger partial charge on any atom is 0.176 e. The highest BCUT2D eigenvalue weighted by molar-refractivity contribution is 8.00. The van der Waals surface area contributed by atoms with Crippen LogP contribution >= 0.6 is 11.8 Å². The minimum Gasteiger partial charge on any atom is -0.293 e. The van der Waals surface area contributed by atoms with Gasteiger partial charge in [-0.05, 0) is 37.3 Å². The fourth-order valence-corrected chi connectivity index (χ4v) is 2.35. The van der Waals surface area contributed by atoms with E-state index in [0.717, 1.165) is 28.7 Å². The van der Waals surface area contributed by atoms with E-state index in [1.807, 2.05) is 31.2 Å². The first kappa shape index (κ1) is 13.7. The number of carbonyl (C=O) groups excluding carboxylic acids is 1. The number of hydrogen-bond donors (Lipinski definition) is 0. The smallest absolute Gasteiger partial charge is 0.176 e. The molecule has 0 radical (unpaired) electrons. The summed E-state index contributed by atoms with van der Waals surface area (Å²) < 4.78 is 26.4. The fraction of sp³-hybridized carbons (Fsp3) is 0.133. The number of halogens is 2. The second-order valence-electron chi connectivity index (χ2n) is 4.15. The first-order chi connectivity index (χ1) is 9.06. The van der Waals surface area contributed by atoms with Gasteiger partial charge in [-0.15, -0.1) is 11.8 Å². The van der Waals surface area contributed by atoms with Gasteiger partial charge in [0.05, 0.1) is 11.3 Å². The van der Waals surface area contributed by atoms with Crippen LogP contribution in [0.1, 0.15) is 15.9 Å². The van der Waals surface area contributed by atoms with Crippen molar-refractivity contribution in [3.63, 3.8) is 0 Å². The lowest BCUT2D eigenvalue weighted by molar-refractivity contribution is 0.101. The molecule has 0 saturated heterocycles. The van der Waals surface area contributed by atoms with Crippen LogP contribution in [0.25, 0.3) is 0 Å². The summed E-state index contributed by atoms with van der Waals surface area (Å²) in [5.41, 5.74) is 0.937. The minimum absolute atomic E-state index is 0.0867. The zero-order valence-corrected chi connectivity index (χ0v) is 11.1. The first-order valence-corrected chi connectivity index (χ1v) is 6.72. The van der Waals surface area contributed by atoms with Gasteiger partial charge in [-0.2, -0.15) is 0 Å². The third-order valence-corrected chi connectivity index (χ3v) is 3.63. The summed E-state index contributed by atoms with van der Waals surface area (Å²) in [6.07, 6.45) is 0. The Morgan fingerprint density at radius 2 is 1.79 bits per heavy atom. The molecular weight excluding hydrogens is 266 g/mol. The van der Waals surface area contributed by atoms with Gasteiger partial charge in [0.2, 0.25) is 0 Å². The maximum atomic E-state index is 13.4. The third kappa shape index (κ3) is 3.64. The van der Waals surface area contributed by atoms with E-state index in [-0.39, 0.29) is 11.3 Å². The number of Topliss-reactive ketones (excluding diaryl/α,β-unsaturated/α-hetero) is 1. The fourth-order valence-electron chi connectivity index (χ4n) is 1.57. The Bertz CT molecular complexity index is 594. The molecule has 0 heterocycles. The zero-order valence-electron chi connectivity index (χ0n) is 10.3. The summed E-state index contributed by atoms with van der Waals surface area (Å²) in [7, 11) is 0. The van der Waals surface area contributed by atoms with Crippen LogP contribution in [0.15, 0.2) is 47.4 Å². The molecule has 0 aromatic heterocycles. The summed E-state index contributed by atoms with van der Waals surface area (Å²) in [4.78, 5) is 12.8. The van der Waals surface area contributed by atoms with Crippen LogP contribution < -0.4 is 0 Å². The van der Waals surface area contributed by atoms with Crippen LogP contribution in [0.2, 0.25) is 0 Å². The summed E-state index contributed by atoms with van der Waals surface area (Å²) >= 11 is 1.31. The molecule has 98 valence electrons. The number of benzene rings is 2. The quantitative estimate of drug-likeness (QED) is 0.614. The molecule has 0 unspecified atom stereocenters. The number of aryl methyl sites for hydroxylation is 1. The van der Waals surface area contributed by atoms with Crippen molar-refractivity contribution in [2.45, 2.75) is 11.8 Å². The van der Waals surface area contributed by atoms with Crippen molar-refractivity contribution in [3.8, 4) is 0 Å². The summed E-state index contributed by atoms with van der Waals surface area (Å²) in [6, 6.07) is 10.6. The van der Waals surface area contributed by atoms with E-state index in [0.29, 0.717) is 0 Å². The standard InChI is InChI=1S/C15H12F2OS/c1-10-2-5-12(6-3-10)19-9-15(18)13-8-11(16)4-7-14(13)17/h2-8H,9H2,1H3. The second-order valence-corrected chi connectivity index (χ2v) is 5.20. The first-order valence-electron chi connectivity index (χ1n) is 5.74. The Balaban J connectivity index is 2.05. The molecule has 2 aromatic carbocycles. The average Bonchev–Trinajstić information content (AvgIpc) is 2.40. The molecule has 0 atom stereocenters. The van der Waals surface area contributed by atoms with Crippen molar-refractivity contribution in [2.24, 2.45) is 0 Å². The van der Waals surface area contributed by atoms with E-state index >= 15 is 0 Å². The Kier molecular flexibility index (Phi) is 4.32. The molecule has 0 aliphatic rings. The normalized spacial score (nSPS) is 10.5. The number of hydrogen-bond acceptors (Lipinski definition) is 2. The molecular formula is C15H12F2OS. The molecule has 0 N–H and O–H groups in total. The van der Waals surface area contributed by atoms with Gasteiger partial charge in [0.15, 0.2) is 5.78 Å². The Morgan fingerprint density at radius 1 is 1.11 bits per heavy atom. The van der Waals surface area contributed by atoms with Gasteiger partial charge in [0.25, 0.3) is 0 Å². The number of carbonyl (C=O) groups is 1. The van der Waals surface area contributed by atoms with Crippen molar-refractivity contribution in [1.29, 1.82) is 0 Å². The third-order valence-electron chi connectivity index (χ3n) is 2.62. The molecule has 0 amide bonds. The molecule has 0 saturated carbocycles. The highest BCUT2D eigenvalue weighted by atomic mass is 32.2. The molecule has 2 aromatic rings. The number of thioether (sulfide) groups is 1. The summed E-state index contributed by atoms with van der Waals surface area (Å²) in [6.45, 7) is 1.97. The number of rotatable bonds is 4. The highest BCUT2D eigenvalue weighted by Crippen LogP contribution is 2.20. The predicted octanol–water partition coefficient (Wildman–Crippen LogP) is 4.25. The van der Waals surface area contributed by atoms with Gasteiger partial charge in [0.1, 0.15) is 11.6 Å². The van der Waals surface area contributed by atoms with Crippen molar-refractivity contribution >= 4 is 17.5 Å². The molecule has 4 heteroatoms. The van der Waals surface area contributed by atoms with Crippen LogP contribution in [-0.2, 0) is 0 Å². The summed E-state index contributed by atoms with van der Waals surface area (Å²) in [5.74, 6) is -1.62. The van der Waals surface area contributed by atoms with E-state index in [1.165, 1.54) is 11.8 Å². The van der Waals surface area contributed by atoms with Crippen LogP contribution in [0.3, 0.4) is 0 Å². The summed E-state index contributed by atoms with van der Waals surface area (Å²) in [5, 5.41) is 0. The molecule has 0 spiro atoms. The highest BCUT2D eigenvalue weighted by Gasteiger charge is 2.13. The molecule has 2 rings (SSSR count). The lowest BCUT2D eigenvalue weighted by atomic mass is 10.1. The van der Waals surface area contributed by atoms with Gasteiger partial charge in [0, 0.05) is 4.90 Å². The lowest BCUT2D eigenvalue weighted by Gasteiger charge is -2.03. The van der Waals surface area contributed by atoms with Crippen LogP contribution in [0.4, 0.5) is 8.78 Å². The van der Waals surface area contributed by atoms with Crippen molar-refractivity contribution < 1.29 is 13.6 Å².